The van der Waals surface area contributed by atoms with Crippen LogP contribution >= 0.6 is 0 Å². The fourth-order valence-corrected chi connectivity index (χ4v) is 1.26. The molecule has 15 heavy (non-hydrogen) atoms. The maximum Gasteiger partial charge on any atom is 0.157 e. The summed E-state index contributed by atoms with van der Waals surface area (Å²) in [4.78, 5) is 0. The van der Waals surface area contributed by atoms with E-state index in [-0.39, 0.29) is 23.0 Å². The number of rotatable bonds is 2. The van der Waals surface area contributed by atoms with Gasteiger partial charge in [0, 0.05) is 6.04 Å². The quantitative estimate of drug-likeness (QED) is 0.653. The second kappa shape index (κ2) is 4.11. The van der Waals surface area contributed by atoms with Gasteiger partial charge in [-0.1, -0.05) is 26.8 Å². The first-order valence-electron chi connectivity index (χ1n) is 5.07. The summed E-state index contributed by atoms with van der Waals surface area (Å²) >= 11 is 0. The number of phenols is 2. The number of hydrogen-bond donors (Lipinski definition) is 3. The third-order valence-corrected chi connectivity index (χ3v) is 2.61. The van der Waals surface area contributed by atoms with E-state index in [2.05, 4.69) is 20.8 Å². The van der Waals surface area contributed by atoms with Crippen LogP contribution in [0.25, 0.3) is 0 Å². The first kappa shape index (κ1) is 11.9. The van der Waals surface area contributed by atoms with E-state index in [9.17, 15) is 5.11 Å². The van der Waals surface area contributed by atoms with Gasteiger partial charge in [0.25, 0.3) is 0 Å². The highest BCUT2D eigenvalue weighted by Crippen LogP contribution is 2.27. The highest BCUT2D eigenvalue weighted by molar-refractivity contribution is 5.40. The Kier molecular flexibility index (Phi) is 3.25. The number of phenolic OH excluding ortho intramolecular Hbond substituents is 2. The van der Waals surface area contributed by atoms with Crippen molar-refractivity contribution in [2.45, 2.75) is 33.2 Å². The molecule has 0 spiro atoms. The Bertz CT molecular complexity index is 342. The van der Waals surface area contributed by atoms with E-state index in [0.29, 0.717) is 6.42 Å². The van der Waals surface area contributed by atoms with Crippen LogP contribution in [0.15, 0.2) is 18.2 Å². The van der Waals surface area contributed by atoms with E-state index < -0.39 is 0 Å². The van der Waals surface area contributed by atoms with Crippen molar-refractivity contribution >= 4 is 0 Å². The first-order valence-corrected chi connectivity index (χ1v) is 5.07. The first-order chi connectivity index (χ1) is 6.80. The highest BCUT2D eigenvalue weighted by atomic mass is 16.3. The fraction of sp³-hybridized carbons (Fsp3) is 0.500. The van der Waals surface area contributed by atoms with Gasteiger partial charge in [0.05, 0.1) is 0 Å². The molecule has 0 saturated heterocycles. The molecule has 0 saturated carbocycles. The van der Waals surface area contributed by atoms with Gasteiger partial charge in [0.1, 0.15) is 0 Å². The van der Waals surface area contributed by atoms with Gasteiger partial charge < -0.3 is 15.9 Å². The summed E-state index contributed by atoms with van der Waals surface area (Å²) in [7, 11) is 0. The number of hydrogen-bond acceptors (Lipinski definition) is 3. The van der Waals surface area contributed by atoms with Gasteiger partial charge in [0.15, 0.2) is 11.5 Å². The molecule has 3 heteroatoms. The zero-order valence-corrected chi connectivity index (χ0v) is 9.49. The van der Waals surface area contributed by atoms with Crippen LogP contribution in [-0.2, 0) is 6.42 Å². The van der Waals surface area contributed by atoms with Crippen LogP contribution in [0.2, 0.25) is 0 Å². The lowest BCUT2D eigenvalue weighted by molar-refractivity contribution is 0.318. The summed E-state index contributed by atoms with van der Waals surface area (Å²) in [6.45, 7) is 6.24. The zero-order valence-electron chi connectivity index (χ0n) is 9.49. The summed E-state index contributed by atoms with van der Waals surface area (Å²) in [5.74, 6) is -0.184. The third-order valence-electron chi connectivity index (χ3n) is 2.61. The number of benzene rings is 1. The molecule has 0 bridgehead atoms. The molecule has 0 heterocycles. The van der Waals surface area contributed by atoms with Crippen molar-refractivity contribution in [3.63, 3.8) is 0 Å². The molecule has 0 aliphatic carbocycles. The van der Waals surface area contributed by atoms with Crippen molar-refractivity contribution in [3.05, 3.63) is 23.8 Å². The molecule has 1 atom stereocenters. The lowest BCUT2D eigenvalue weighted by Gasteiger charge is -2.27. The largest absolute Gasteiger partial charge is 0.504 e. The molecule has 0 radical (unpaired) electrons. The van der Waals surface area contributed by atoms with E-state index in [1.54, 1.807) is 12.1 Å². The van der Waals surface area contributed by atoms with Crippen LogP contribution < -0.4 is 5.73 Å². The average Bonchev–Trinajstić information content (AvgIpc) is 2.10. The van der Waals surface area contributed by atoms with Gasteiger partial charge in [-0.3, -0.25) is 0 Å². The lowest BCUT2D eigenvalue weighted by Crippen LogP contribution is -2.36. The fourth-order valence-electron chi connectivity index (χ4n) is 1.26. The molecule has 3 nitrogen and oxygen atoms in total. The maximum atomic E-state index is 9.32. The standard InChI is InChI=1S/C12H19NO2/c1-12(2,3)11(13)7-8-4-5-9(14)10(15)6-8/h4-6,11,14-15H,7,13H2,1-3H3/t11-/m1/s1. The molecule has 1 aromatic carbocycles. The zero-order chi connectivity index (χ0) is 11.6. The average molecular weight is 209 g/mol. The third kappa shape index (κ3) is 3.13. The molecule has 4 N–H and O–H groups in total. The number of aromatic hydroxyl groups is 2. The van der Waals surface area contributed by atoms with Crippen molar-refractivity contribution in [2.75, 3.05) is 0 Å². The maximum absolute atomic E-state index is 9.32. The molecule has 0 fully saturated rings. The van der Waals surface area contributed by atoms with Gasteiger partial charge in [-0.2, -0.15) is 0 Å². The summed E-state index contributed by atoms with van der Waals surface area (Å²) in [5.41, 5.74) is 7.00. The second-order valence-corrected chi connectivity index (χ2v) is 5.00. The van der Waals surface area contributed by atoms with Crippen molar-refractivity contribution in [1.29, 1.82) is 0 Å². The molecular weight excluding hydrogens is 190 g/mol. The van der Waals surface area contributed by atoms with E-state index >= 15 is 0 Å². The summed E-state index contributed by atoms with van der Waals surface area (Å²) in [5, 5.41) is 18.5. The molecule has 0 unspecified atom stereocenters. The molecular formula is C12H19NO2. The van der Waals surface area contributed by atoms with E-state index in [1.807, 2.05) is 0 Å². The SMILES string of the molecule is CC(C)(C)[C@H](N)Cc1ccc(O)c(O)c1. The topological polar surface area (TPSA) is 66.5 Å². The molecule has 0 amide bonds. The Hall–Kier alpha value is -1.22. The smallest absolute Gasteiger partial charge is 0.157 e. The summed E-state index contributed by atoms with van der Waals surface area (Å²) in [6, 6.07) is 4.85. The van der Waals surface area contributed by atoms with Crippen molar-refractivity contribution < 1.29 is 10.2 Å². The molecule has 84 valence electrons. The minimum atomic E-state index is -0.0944. The lowest BCUT2D eigenvalue weighted by atomic mass is 9.84. The predicted octanol–water partition coefficient (Wildman–Crippen LogP) is 2.01. The number of nitrogens with two attached hydrogens (primary N) is 1. The van der Waals surface area contributed by atoms with Gasteiger partial charge in [-0.05, 0) is 29.5 Å². The molecule has 0 aliphatic heterocycles. The van der Waals surface area contributed by atoms with E-state index in [0.717, 1.165) is 5.56 Å². The second-order valence-electron chi connectivity index (χ2n) is 5.00. The van der Waals surface area contributed by atoms with Gasteiger partial charge >= 0.3 is 0 Å². The monoisotopic (exact) mass is 209 g/mol. The van der Waals surface area contributed by atoms with Gasteiger partial charge in [-0.15, -0.1) is 0 Å². The van der Waals surface area contributed by atoms with E-state index in [1.165, 1.54) is 6.07 Å². The minimum absolute atomic E-state index is 0.0291. The van der Waals surface area contributed by atoms with Crippen molar-refractivity contribution in [3.8, 4) is 11.5 Å². The van der Waals surface area contributed by atoms with Crippen LogP contribution in [0.4, 0.5) is 0 Å². The van der Waals surface area contributed by atoms with Crippen LogP contribution in [0.3, 0.4) is 0 Å². The Labute approximate surface area is 90.5 Å². The van der Waals surface area contributed by atoms with Crippen LogP contribution in [0, 0.1) is 5.41 Å². The molecule has 1 rings (SSSR count). The normalized spacial score (nSPS) is 13.9. The molecule has 0 aromatic heterocycles. The summed E-state index contributed by atoms with van der Waals surface area (Å²) < 4.78 is 0. The Morgan fingerprint density at radius 1 is 1.20 bits per heavy atom. The van der Waals surface area contributed by atoms with Gasteiger partial charge in [-0.25, -0.2) is 0 Å². The van der Waals surface area contributed by atoms with Crippen LogP contribution in [0.1, 0.15) is 26.3 Å². The Balaban J connectivity index is 2.78. The molecule has 0 aliphatic rings. The van der Waals surface area contributed by atoms with Crippen LogP contribution in [-0.4, -0.2) is 16.3 Å². The Morgan fingerprint density at radius 3 is 2.27 bits per heavy atom. The van der Waals surface area contributed by atoms with Gasteiger partial charge in [0.2, 0.25) is 0 Å². The highest BCUT2D eigenvalue weighted by Gasteiger charge is 2.20. The van der Waals surface area contributed by atoms with Crippen LogP contribution in [0.5, 0.6) is 11.5 Å². The summed E-state index contributed by atoms with van der Waals surface area (Å²) in [6.07, 6.45) is 0.692. The minimum Gasteiger partial charge on any atom is -0.504 e. The predicted molar refractivity (Wildman–Crippen MR) is 60.9 cm³/mol. The van der Waals surface area contributed by atoms with Crippen molar-refractivity contribution in [1.82, 2.24) is 0 Å². The molecule has 1 aromatic rings. The van der Waals surface area contributed by atoms with E-state index in [4.69, 9.17) is 10.8 Å². The Morgan fingerprint density at radius 2 is 1.80 bits per heavy atom. The van der Waals surface area contributed by atoms with Crippen molar-refractivity contribution in [2.24, 2.45) is 11.1 Å².